The number of hydrogen-bond donors (Lipinski definition) is 3. The summed E-state index contributed by atoms with van der Waals surface area (Å²) in [7, 11) is 2.10. The smallest absolute Gasteiger partial charge is 0.0633 e. The number of aromatic nitrogens is 1. The molecule has 0 saturated heterocycles. The molecule has 0 fully saturated rings. The summed E-state index contributed by atoms with van der Waals surface area (Å²) in [5.74, 6) is 0. The summed E-state index contributed by atoms with van der Waals surface area (Å²) in [4.78, 5) is 0. The summed E-state index contributed by atoms with van der Waals surface area (Å²) in [6, 6.07) is 19.3. The molecule has 0 amide bonds. The first-order valence-electron chi connectivity index (χ1n) is 8.92. The molecule has 4 aromatic rings. The first-order valence-corrected chi connectivity index (χ1v) is 8.92. The lowest BCUT2D eigenvalue weighted by Gasteiger charge is -2.26. The van der Waals surface area contributed by atoms with Crippen LogP contribution in [0.15, 0.2) is 54.6 Å². The zero-order valence-electron chi connectivity index (χ0n) is 15.6. The van der Waals surface area contributed by atoms with Crippen molar-refractivity contribution >= 4 is 45.0 Å². The molecule has 142 valence electrons. The van der Waals surface area contributed by atoms with Crippen LogP contribution in [0.2, 0.25) is 0 Å². The summed E-state index contributed by atoms with van der Waals surface area (Å²) in [5.41, 5.74) is 2.87. The molecule has 0 radical (unpaired) electrons. The highest BCUT2D eigenvalue weighted by atomic mass is 35.5. The fourth-order valence-electron chi connectivity index (χ4n) is 3.62. The van der Waals surface area contributed by atoms with E-state index in [0.717, 1.165) is 5.56 Å². The van der Waals surface area contributed by atoms with Gasteiger partial charge in [-0.1, -0.05) is 36.4 Å². The van der Waals surface area contributed by atoms with Crippen molar-refractivity contribution in [1.29, 1.82) is 0 Å². The topological polar surface area (TPSA) is 57.4 Å². The van der Waals surface area contributed by atoms with Crippen molar-refractivity contribution in [3.8, 4) is 0 Å². The highest BCUT2D eigenvalue weighted by Crippen LogP contribution is 2.34. The van der Waals surface area contributed by atoms with Crippen LogP contribution in [0, 0.1) is 0 Å². The van der Waals surface area contributed by atoms with E-state index in [1.807, 2.05) is 6.92 Å². The van der Waals surface area contributed by atoms with Gasteiger partial charge in [0.05, 0.1) is 18.8 Å². The van der Waals surface area contributed by atoms with Crippen LogP contribution in [0.5, 0.6) is 0 Å². The van der Waals surface area contributed by atoms with Crippen molar-refractivity contribution in [3.63, 3.8) is 0 Å². The van der Waals surface area contributed by atoms with E-state index in [0.29, 0.717) is 6.54 Å². The molecule has 0 aliphatic rings. The highest BCUT2D eigenvalue weighted by molar-refractivity contribution is 6.20. The Bertz CT molecular complexity index is 1100. The molecular formula is C22H25ClN2O2. The number of halogens is 1. The second-order valence-corrected chi connectivity index (χ2v) is 7.32. The van der Waals surface area contributed by atoms with Gasteiger partial charge in [-0.15, -0.1) is 12.4 Å². The lowest BCUT2D eigenvalue weighted by Crippen LogP contribution is -2.48. The molecule has 0 bridgehead atoms. The number of aliphatic hydroxyl groups is 2. The lowest BCUT2D eigenvalue weighted by molar-refractivity contribution is 0.103. The van der Waals surface area contributed by atoms with Crippen LogP contribution >= 0.6 is 12.4 Å². The van der Waals surface area contributed by atoms with Gasteiger partial charge in [-0.25, -0.2) is 0 Å². The summed E-state index contributed by atoms with van der Waals surface area (Å²) < 4.78 is 2.24. The summed E-state index contributed by atoms with van der Waals surface area (Å²) in [5, 5.41) is 27.2. The van der Waals surface area contributed by atoms with Crippen molar-refractivity contribution < 1.29 is 10.2 Å². The normalized spacial score (nSPS) is 12.0. The standard InChI is InChI=1S/C22H24N2O2.ClH/c1-22(13-25,14-26)23-12-15-7-9-19-18(11-15)21-17-6-4-3-5-16(17)8-10-20(21)24(19)2;/h3-11,23,25-26H,12-14H2,1-2H3;1H. The van der Waals surface area contributed by atoms with Crippen molar-refractivity contribution in [2.75, 3.05) is 13.2 Å². The van der Waals surface area contributed by atoms with Gasteiger partial charge in [0.2, 0.25) is 0 Å². The minimum absolute atomic E-state index is 0. The first kappa shape index (κ1) is 19.6. The SMILES string of the molecule is Cl.Cn1c2ccc(CNC(C)(CO)CO)cc2c2c3ccccc3ccc21. The fourth-order valence-corrected chi connectivity index (χ4v) is 3.62. The number of rotatable bonds is 5. The van der Waals surface area contributed by atoms with E-state index < -0.39 is 5.54 Å². The Hall–Kier alpha value is -2.11. The van der Waals surface area contributed by atoms with Crippen molar-refractivity contribution in [1.82, 2.24) is 9.88 Å². The largest absolute Gasteiger partial charge is 0.394 e. The quantitative estimate of drug-likeness (QED) is 0.491. The predicted octanol–water partition coefficient (Wildman–Crippen LogP) is 3.74. The molecule has 27 heavy (non-hydrogen) atoms. The van der Waals surface area contributed by atoms with Gasteiger partial charge in [0.1, 0.15) is 0 Å². The molecule has 5 heteroatoms. The Morgan fingerprint density at radius 3 is 2.37 bits per heavy atom. The van der Waals surface area contributed by atoms with Crippen LogP contribution < -0.4 is 5.32 Å². The number of aliphatic hydroxyl groups excluding tert-OH is 2. The Morgan fingerprint density at radius 2 is 1.63 bits per heavy atom. The average Bonchev–Trinajstić information content (AvgIpc) is 2.98. The van der Waals surface area contributed by atoms with Crippen LogP contribution in [0.1, 0.15) is 12.5 Å². The third-order valence-electron chi connectivity index (χ3n) is 5.38. The van der Waals surface area contributed by atoms with E-state index in [1.54, 1.807) is 0 Å². The molecule has 0 saturated carbocycles. The predicted molar refractivity (Wildman–Crippen MR) is 115 cm³/mol. The van der Waals surface area contributed by atoms with Crippen LogP contribution in [0.25, 0.3) is 32.6 Å². The van der Waals surface area contributed by atoms with Gasteiger partial charge in [0.25, 0.3) is 0 Å². The van der Waals surface area contributed by atoms with E-state index in [-0.39, 0.29) is 25.6 Å². The van der Waals surface area contributed by atoms with Gasteiger partial charge in [0, 0.05) is 35.4 Å². The van der Waals surface area contributed by atoms with Gasteiger partial charge >= 0.3 is 0 Å². The van der Waals surface area contributed by atoms with Gasteiger partial charge in [-0.2, -0.15) is 0 Å². The summed E-state index contributed by atoms with van der Waals surface area (Å²) in [6.07, 6.45) is 0. The average molecular weight is 385 g/mol. The lowest BCUT2D eigenvalue weighted by atomic mass is 10.0. The molecule has 4 nitrogen and oxygen atoms in total. The number of nitrogens with zero attached hydrogens (tertiary/aromatic N) is 1. The Morgan fingerprint density at radius 1 is 0.926 bits per heavy atom. The molecule has 0 unspecified atom stereocenters. The van der Waals surface area contributed by atoms with E-state index >= 15 is 0 Å². The monoisotopic (exact) mass is 384 g/mol. The van der Waals surface area contributed by atoms with Crippen molar-refractivity contribution in [2.45, 2.75) is 19.0 Å². The zero-order chi connectivity index (χ0) is 18.3. The highest BCUT2D eigenvalue weighted by Gasteiger charge is 2.21. The van der Waals surface area contributed by atoms with E-state index in [2.05, 4.69) is 71.5 Å². The van der Waals surface area contributed by atoms with E-state index in [4.69, 9.17) is 0 Å². The molecule has 3 aromatic carbocycles. The maximum atomic E-state index is 9.47. The van der Waals surface area contributed by atoms with Crippen LogP contribution in [0.3, 0.4) is 0 Å². The number of nitrogens with one attached hydrogen (secondary N) is 1. The minimum Gasteiger partial charge on any atom is -0.394 e. The van der Waals surface area contributed by atoms with Crippen LogP contribution in [-0.2, 0) is 13.6 Å². The maximum absolute atomic E-state index is 9.47. The zero-order valence-corrected chi connectivity index (χ0v) is 16.4. The van der Waals surface area contributed by atoms with E-state index in [9.17, 15) is 10.2 Å². The minimum atomic E-state index is -0.680. The van der Waals surface area contributed by atoms with Gasteiger partial charge in [-0.05, 0) is 41.5 Å². The molecular weight excluding hydrogens is 360 g/mol. The number of aryl methyl sites for hydroxylation is 1. The van der Waals surface area contributed by atoms with Crippen LogP contribution in [-0.4, -0.2) is 33.5 Å². The third-order valence-corrected chi connectivity index (χ3v) is 5.38. The summed E-state index contributed by atoms with van der Waals surface area (Å²) in [6.45, 7) is 2.20. The second kappa shape index (κ2) is 7.49. The molecule has 1 aromatic heterocycles. The molecule has 0 atom stereocenters. The number of benzene rings is 3. The van der Waals surface area contributed by atoms with Crippen molar-refractivity contribution in [3.05, 3.63) is 60.2 Å². The molecule has 4 rings (SSSR count). The Labute approximate surface area is 164 Å². The van der Waals surface area contributed by atoms with Gasteiger partial charge in [0.15, 0.2) is 0 Å². The molecule has 1 heterocycles. The third kappa shape index (κ3) is 3.30. The summed E-state index contributed by atoms with van der Waals surface area (Å²) >= 11 is 0. The molecule has 0 aliphatic carbocycles. The second-order valence-electron chi connectivity index (χ2n) is 7.32. The van der Waals surface area contributed by atoms with Crippen molar-refractivity contribution in [2.24, 2.45) is 7.05 Å². The Kier molecular flexibility index (Phi) is 5.45. The number of hydrogen-bond acceptors (Lipinski definition) is 3. The fraction of sp³-hybridized carbons (Fsp3) is 0.273. The van der Waals surface area contributed by atoms with Gasteiger partial charge in [-0.3, -0.25) is 0 Å². The maximum Gasteiger partial charge on any atom is 0.0633 e. The molecule has 0 aliphatic heterocycles. The van der Waals surface area contributed by atoms with E-state index in [1.165, 1.54) is 32.6 Å². The first-order chi connectivity index (χ1) is 12.6. The van der Waals surface area contributed by atoms with Gasteiger partial charge < -0.3 is 20.1 Å². The Balaban J connectivity index is 0.00000210. The molecule has 3 N–H and O–H groups in total. The number of fused-ring (bicyclic) bond motifs is 5. The van der Waals surface area contributed by atoms with Crippen LogP contribution in [0.4, 0.5) is 0 Å². The molecule has 0 spiro atoms.